The highest BCUT2D eigenvalue weighted by Gasteiger charge is 2.14. The Hall–Kier alpha value is -2.87. The van der Waals surface area contributed by atoms with Crippen molar-refractivity contribution in [3.8, 4) is 17.3 Å². The molecule has 0 fully saturated rings. The van der Waals surface area contributed by atoms with Gasteiger partial charge in [-0.15, -0.1) is 0 Å². The normalized spacial score (nSPS) is 12.4. The fraction of sp³-hybridized carbons (Fsp3) is 0.522. The summed E-state index contributed by atoms with van der Waals surface area (Å²) < 4.78 is 11.9. The average Bonchev–Trinajstić information content (AvgIpc) is 2.77. The molecule has 2 aromatic rings. The fourth-order valence-corrected chi connectivity index (χ4v) is 3.19. The largest absolute Gasteiger partial charge is 0.497 e. The molecule has 1 unspecified atom stereocenters. The number of aromatic amines is 1. The lowest BCUT2D eigenvalue weighted by atomic mass is 10.0. The van der Waals surface area contributed by atoms with E-state index in [4.69, 9.17) is 9.47 Å². The van der Waals surface area contributed by atoms with Crippen LogP contribution in [-0.4, -0.2) is 47.7 Å². The Bertz CT molecular complexity index is 947. The minimum absolute atomic E-state index is 0.0676. The third kappa shape index (κ3) is 7.10. The highest BCUT2D eigenvalue weighted by atomic mass is 16.5. The maximum atomic E-state index is 12.2. The molecule has 31 heavy (non-hydrogen) atoms. The van der Waals surface area contributed by atoms with E-state index in [2.05, 4.69) is 23.8 Å². The quantitative estimate of drug-likeness (QED) is 0.374. The molecule has 1 aromatic carbocycles. The van der Waals surface area contributed by atoms with Crippen LogP contribution in [0.3, 0.4) is 0 Å². The number of nitrogens with one attached hydrogen (secondary N) is 1. The van der Waals surface area contributed by atoms with Gasteiger partial charge in [0.1, 0.15) is 11.3 Å². The summed E-state index contributed by atoms with van der Waals surface area (Å²) >= 11 is 0. The van der Waals surface area contributed by atoms with Gasteiger partial charge in [0.05, 0.1) is 12.8 Å². The summed E-state index contributed by atoms with van der Waals surface area (Å²) in [6.07, 6.45) is 6.73. The number of H-pyrrole nitrogens is 1. The van der Waals surface area contributed by atoms with Crippen molar-refractivity contribution >= 4 is 6.21 Å². The molecule has 2 rings (SSSR count). The van der Waals surface area contributed by atoms with E-state index in [0.717, 1.165) is 17.6 Å². The summed E-state index contributed by atoms with van der Waals surface area (Å²) in [6, 6.07) is 6.54. The molecule has 170 valence electrons. The van der Waals surface area contributed by atoms with Crippen molar-refractivity contribution in [3.63, 3.8) is 0 Å². The molecule has 0 aliphatic carbocycles. The van der Waals surface area contributed by atoms with Crippen LogP contribution < -0.4 is 16.0 Å². The third-order valence-electron chi connectivity index (χ3n) is 5.14. The number of ether oxygens (including phenoxy) is 2. The second-order valence-corrected chi connectivity index (χ2v) is 7.41. The lowest BCUT2D eigenvalue weighted by Gasteiger charge is -2.14. The number of aromatic nitrogens is 2. The molecule has 8 nitrogen and oxygen atoms in total. The van der Waals surface area contributed by atoms with Gasteiger partial charge < -0.3 is 14.6 Å². The van der Waals surface area contributed by atoms with Gasteiger partial charge in [0, 0.05) is 26.0 Å². The Kier molecular flexibility index (Phi) is 10.0. The van der Waals surface area contributed by atoms with Crippen LogP contribution >= 0.6 is 0 Å². The molecule has 1 aromatic heterocycles. The van der Waals surface area contributed by atoms with E-state index in [9.17, 15) is 14.7 Å². The van der Waals surface area contributed by atoms with Crippen molar-refractivity contribution in [3.05, 3.63) is 50.7 Å². The van der Waals surface area contributed by atoms with Crippen LogP contribution in [0.5, 0.6) is 11.6 Å². The number of methoxy groups -OCH3 is 1. The molecule has 0 saturated carbocycles. The molecule has 1 atom stereocenters. The Labute approximate surface area is 182 Å². The van der Waals surface area contributed by atoms with Crippen LogP contribution in [0.25, 0.3) is 5.69 Å². The van der Waals surface area contributed by atoms with Crippen molar-refractivity contribution < 1.29 is 14.6 Å². The maximum absolute atomic E-state index is 12.2. The minimum atomic E-state index is -0.730. The molecule has 0 radical (unpaired) electrons. The molecular formula is C23H33N3O5. The van der Waals surface area contributed by atoms with Crippen LogP contribution in [0.4, 0.5) is 0 Å². The SMILES string of the molecule is CCCCC(CC)COCCCN=Cc1c(O)n(-c2ccc(OC)cc2)c(=O)[nH]c1=O. The first-order valence-corrected chi connectivity index (χ1v) is 10.8. The van der Waals surface area contributed by atoms with Gasteiger partial charge in [-0.2, -0.15) is 0 Å². The molecule has 0 aliphatic heterocycles. The maximum Gasteiger partial charge on any atom is 0.335 e. The number of hydrogen-bond acceptors (Lipinski definition) is 6. The second kappa shape index (κ2) is 12.7. The van der Waals surface area contributed by atoms with E-state index in [1.165, 1.54) is 32.6 Å². The number of rotatable bonds is 13. The molecule has 2 N–H and O–H groups in total. The first-order valence-electron chi connectivity index (χ1n) is 10.8. The van der Waals surface area contributed by atoms with Crippen molar-refractivity contribution in [2.45, 2.75) is 46.0 Å². The highest BCUT2D eigenvalue weighted by Crippen LogP contribution is 2.18. The van der Waals surface area contributed by atoms with E-state index in [1.54, 1.807) is 24.3 Å². The third-order valence-corrected chi connectivity index (χ3v) is 5.14. The van der Waals surface area contributed by atoms with Crippen molar-refractivity contribution in [2.75, 3.05) is 26.9 Å². The highest BCUT2D eigenvalue weighted by molar-refractivity contribution is 5.82. The van der Waals surface area contributed by atoms with E-state index in [-0.39, 0.29) is 5.56 Å². The van der Waals surface area contributed by atoms with E-state index < -0.39 is 17.1 Å². The first kappa shape index (κ1) is 24.4. The van der Waals surface area contributed by atoms with E-state index >= 15 is 0 Å². The number of nitrogens with zero attached hydrogens (tertiary/aromatic N) is 2. The predicted molar refractivity (Wildman–Crippen MR) is 122 cm³/mol. The van der Waals surface area contributed by atoms with E-state index in [1.807, 2.05) is 0 Å². The van der Waals surface area contributed by atoms with Crippen LogP contribution in [0, 0.1) is 5.92 Å². The van der Waals surface area contributed by atoms with Gasteiger partial charge in [0.25, 0.3) is 5.56 Å². The molecule has 0 bridgehead atoms. The number of unbranched alkanes of at least 4 members (excludes halogenated alkanes) is 1. The summed E-state index contributed by atoms with van der Waals surface area (Å²) in [6.45, 7) is 6.17. The minimum Gasteiger partial charge on any atom is -0.497 e. The second-order valence-electron chi connectivity index (χ2n) is 7.41. The molecule has 0 aliphatic rings. The van der Waals surface area contributed by atoms with Gasteiger partial charge in [0.15, 0.2) is 0 Å². The lowest BCUT2D eigenvalue weighted by Crippen LogP contribution is -2.31. The van der Waals surface area contributed by atoms with Gasteiger partial charge in [-0.3, -0.25) is 14.8 Å². The zero-order valence-electron chi connectivity index (χ0n) is 18.6. The smallest absolute Gasteiger partial charge is 0.335 e. The Morgan fingerprint density at radius 2 is 1.94 bits per heavy atom. The summed E-state index contributed by atoms with van der Waals surface area (Å²) in [7, 11) is 1.53. The van der Waals surface area contributed by atoms with Gasteiger partial charge in [-0.1, -0.05) is 33.1 Å². The standard InChI is InChI=1S/C23H33N3O5/c1-4-6-8-17(5-2)16-31-14-7-13-24-15-20-21(27)25-23(29)26(22(20)28)18-9-11-19(30-3)12-10-18/h9-12,15,17,28H,4-8,13-14,16H2,1-3H3,(H,25,27,29). The number of hydrogen-bond donors (Lipinski definition) is 2. The molecular weight excluding hydrogens is 398 g/mol. The molecule has 0 amide bonds. The summed E-state index contributed by atoms with van der Waals surface area (Å²) in [5, 5.41) is 10.5. The number of aromatic hydroxyl groups is 1. The summed E-state index contributed by atoms with van der Waals surface area (Å²) in [5.41, 5.74) is -1.08. The fourth-order valence-electron chi connectivity index (χ4n) is 3.19. The van der Waals surface area contributed by atoms with Gasteiger partial charge in [0.2, 0.25) is 5.88 Å². The summed E-state index contributed by atoms with van der Waals surface area (Å²) in [4.78, 5) is 30.8. The summed E-state index contributed by atoms with van der Waals surface area (Å²) in [5.74, 6) is 0.749. The van der Waals surface area contributed by atoms with Crippen LogP contribution in [0.2, 0.25) is 0 Å². The van der Waals surface area contributed by atoms with Crippen LogP contribution in [0.15, 0.2) is 38.8 Å². The Balaban J connectivity index is 1.97. The zero-order chi connectivity index (χ0) is 22.6. The van der Waals surface area contributed by atoms with E-state index in [0.29, 0.717) is 36.9 Å². The van der Waals surface area contributed by atoms with Gasteiger partial charge >= 0.3 is 5.69 Å². The van der Waals surface area contributed by atoms with Crippen molar-refractivity contribution in [2.24, 2.45) is 10.9 Å². The number of benzene rings is 1. The lowest BCUT2D eigenvalue weighted by molar-refractivity contribution is 0.0933. The topological polar surface area (TPSA) is 106 Å². The Morgan fingerprint density at radius 3 is 2.58 bits per heavy atom. The predicted octanol–water partition coefficient (Wildman–Crippen LogP) is 3.28. The molecule has 8 heteroatoms. The van der Waals surface area contributed by atoms with Crippen molar-refractivity contribution in [1.29, 1.82) is 0 Å². The van der Waals surface area contributed by atoms with Gasteiger partial charge in [-0.25, -0.2) is 9.36 Å². The molecule has 1 heterocycles. The first-order chi connectivity index (χ1) is 15.0. The van der Waals surface area contributed by atoms with Crippen molar-refractivity contribution in [1.82, 2.24) is 9.55 Å². The van der Waals surface area contributed by atoms with Gasteiger partial charge in [-0.05, 0) is 43.0 Å². The van der Waals surface area contributed by atoms with Crippen LogP contribution in [0.1, 0.15) is 51.5 Å². The molecule has 0 saturated heterocycles. The molecule has 0 spiro atoms. The zero-order valence-corrected chi connectivity index (χ0v) is 18.6. The Morgan fingerprint density at radius 1 is 1.19 bits per heavy atom. The monoisotopic (exact) mass is 431 g/mol. The average molecular weight is 432 g/mol. The number of aliphatic imine (C=N–C) groups is 1. The van der Waals surface area contributed by atoms with Crippen LogP contribution in [-0.2, 0) is 4.74 Å².